The Morgan fingerprint density at radius 3 is 2.05 bits per heavy atom. The second-order valence-corrected chi connectivity index (χ2v) is 13.7. The van der Waals surface area contributed by atoms with Crippen molar-refractivity contribution in [3.05, 3.63) is 93.5 Å². The fourth-order valence-corrected chi connectivity index (χ4v) is 6.30. The van der Waals surface area contributed by atoms with Crippen molar-refractivity contribution in [2.45, 2.75) is 71.0 Å². The summed E-state index contributed by atoms with van der Waals surface area (Å²) < 4.78 is 29.0. The van der Waals surface area contributed by atoms with Crippen LogP contribution >= 0.6 is 23.2 Å². The van der Waals surface area contributed by atoms with Crippen LogP contribution in [0.5, 0.6) is 0 Å². The maximum Gasteiger partial charge on any atom is 0.264 e. The quantitative estimate of drug-likeness (QED) is 0.280. The smallest absolute Gasteiger partial charge is 0.264 e. The lowest BCUT2D eigenvalue weighted by molar-refractivity contribution is -0.141. The molecule has 0 aliphatic carbocycles. The molecule has 0 bridgehead atoms. The molecule has 2 amide bonds. The normalized spacial score (nSPS) is 12.5. The van der Waals surface area contributed by atoms with E-state index in [9.17, 15) is 18.0 Å². The average molecular weight is 619 g/mol. The predicted molar refractivity (Wildman–Crippen MR) is 166 cm³/mol. The number of halogens is 2. The van der Waals surface area contributed by atoms with Gasteiger partial charge >= 0.3 is 0 Å². The number of aryl methyl sites for hydroxylation is 2. The molecular weight excluding hydrogens is 581 g/mol. The molecule has 0 saturated carbocycles. The molecule has 220 valence electrons. The van der Waals surface area contributed by atoms with Gasteiger partial charge in [-0.05, 0) is 88.6 Å². The van der Waals surface area contributed by atoms with Crippen LogP contribution in [-0.2, 0) is 26.2 Å². The lowest BCUT2D eigenvalue weighted by atomic mass is 10.1. The van der Waals surface area contributed by atoms with E-state index in [4.69, 9.17) is 23.2 Å². The molecule has 0 saturated heterocycles. The molecule has 7 nitrogen and oxygen atoms in total. The summed E-state index contributed by atoms with van der Waals surface area (Å²) in [5, 5.41) is 3.62. The van der Waals surface area contributed by atoms with Crippen LogP contribution in [0.3, 0.4) is 0 Å². The number of benzene rings is 3. The Labute approximate surface area is 253 Å². The highest BCUT2D eigenvalue weighted by Crippen LogP contribution is 2.29. The Morgan fingerprint density at radius 2 is 1.51 bits per heavy atom. The zero-order valence-corrected chi connectivity index (χ0v) is 26.6. The van der Waals surface area contributed by atoms with E-state index in [0.717, 1.165) is 15.4 Å². The number of hydrogen-bond donors (Lipinski definition) is 1. The van der Waals surface area contributed by atoms with Gasteiger partial charge in [-0.15, -0.1) is 0 Å². The number of carbonyl (C=O) groups excluding carboxylic acids is 2. The minimum absolute atomic E-state index is 0.0456. The molecule has 1 N–H and O–H groups in total. The number of anilines is 1. The third kappa shape index (κ3) is 8.03. The summed E-state index contributed by atoms with van der Waals surface area (Å²) in [6.07, 6.45) is 0.283. The van der Waals surface area contributed by atoms with E-state index in [2.05, 4.69) is 5.32 Å². The number of hydrogen-bond acceptors (Lipinski definition) is 4. The van der Waals surface area contributed by atoms with E-state index in [1.807, 2.05) is 40.7 Å². The van der Waals surface area contributed by atoms with Crippen LogP contribution in [0.1, 0.15) is 50.8 Å². The average Bonchev–Trinajstić information content (AvgIpc) is 2.89. The highest BCUT2D eigenvalue weighted by atomic mass is 35.5. The first kappa shape index (κ1) is 32.4. The molecule has 0 fully saturated rings. The van der Waals surface area contributed by atoms with Gasteiger partial charge in [-0.1, -0.05) is 60.5 Å². The zero-order chi connectivity index (χ0) is 30.5. The van der Waals surface area contributed by atoms with E-state index >= 15 is 0 Å². The van der Waals surface area contributed by atoms with Gasteiger partial charge in [0.15, 0.2) is 0 Å². The summed E-state index contributed by atoms with van der Waals surface area (Å²) >= 11 is 12.9. The summed E-state index contributed by atoms with van der Waals surface area (Å²) in [5.41, 5.74) is 2.11. The highest BCUT2D eigenvalue weighted by Gasteiger charge is 2.35. The van der Waals surface area contributed by atoms with Crippen LogP contribution in [0, 0.1) is 13.8 Å². The van der Waals surface area contributed by atoms with Crippen LogP contribution in [-0.4, -0.2) is 43.3 Å². The van der Waals surface area contributed by atoms with Crippen molar-refractivity contribution in [2.24, 2.45) is 0 Å². The van der Waals surface area contributed by atoms with Crippen molar-refractivity contribution in [1.29, 1.82) is 0 Å². The molecule has 0 unspecified atom stereocenters. The van der Waals surface area contributed by atoms with Crippen molar-refractivity contribution in [3.8, 4) is 0 Å². The maximum atomic E-state index is 14.2. The summed E-state index contributed by atoms with van der Waals surface area (Å²) in [7, 11) is -4.15. The SMILES string of the molecule is CC[C@@H](C(=O)NC(C)(C)C)N(Cc1c(Cl)cccc1Cl)C(=O)CN(c1ccc(C)c(C)c1)S(=O)(=O)c1ccccc1. The third-order valence-corrected chi connectivity index (χ3v) is 9.16. The lowest BCUT2D eigenvalue weighted by Gasteiger charge is -2.35. The number of carbonyl (C=O) groups is 2. The topological polar surface area (TPSA) is 86.8 Å². The van der Waals surface area contributed by atoms with Crippen molar-refractivity contribution in [1.82, 2.24) is 10.2 Å². The Balaban J connectivity index is 2.13. The second kappa shape index (κ2) is 13.3. The fourth-order valence-electron chi connectivity index (χ4n) is 4.36. The van der Waals surface area contributed by atoms with Gasteiger partial charge in [0.2, 0.25) is 11.8 Å². The van der Waals surface area contributed by atoms with Crippen LogP contribution < -0.4 is 9.62 Å². The molecule has 0 aromatic heterocycles. The van der Waals surface area contributed by atoms with E-state index in [1.54, 1.807) is 55.5 Å². The molecule has 0 radical (unpaired) electrons. The fraction of sp³-hybridized carbons (Fsp3) is 0.355. The Bertz CT molecular complexity index is 1490. The van der Waals surface area contributed by atoms with Crippen LogP contribution in [0.25, 0.3) is 0 Å². The molecule has 10 heteroatoms. The van der Waals surface area contributed by atoms with Gasteiger partial charge < -0.3 is 10.2 Å². The second-order valence-electron chi connectivity index (χ2n) is 11.0. The molecule has 0 aliphatic heterocycles. The first-order valence-electron chi connectivity index (χ1n) is 13.3. The Hall–Kier alpha value is -3.07. The van der Waals surface area contributed by atoms with Crippen molar-refractivity contribution in [2.75, 3.05) is 10.8 Å². The third-order valence-electron chi connectivity index (χ3n) is 6.66. The minimum atomic E-state index is -4.15. The molecule has 41 heavy (non-hydrogen) atoms. The minimum Gasteiger partial charge on any atom is -0.350 e. The van der Waals surface area contributed by atoms with Crippen LogP contribution in [0.4, 0.5) is 5.69 Å². The number of rotatable bonds is 10. The first-order chi connectivity index (χ1) is 19.2. The predicted octanol–water partition coefficient (Wildman–Crippen LogP) is 6.53. The largest absolute Gasteiger partial charge is 0.350 e. The van der Waals surface area contributed by atoms with Crippen molar-refractivity contribution < 1.29 is 18.0 Å². The van der Waals surface area contributed by atoms with Crippen molar-refractivity contribution in [3.63, 3.8) is 0 Å². The monoisotopic (exact) mass is 617 g/mol. The van der Waals surface area contributed by atoms with Gasteiger partial charge in [0.25, 0.3) is 10.0 Å². The van der Waals surface area contributed by atoms with E-state index in [0.29, 0.717) is 21.3 Å². The summed E-state index contributed by atoms with van der Waals surface area (Å²) in [6, 6.07) is 17.3. The van der Waals surface area contributed by atoms with Crippen LogP contribution in [0.2, 0.25) is 10.0 Å². The molecular formula is C31H37Cl2N3O4S. The molecule has 3 aromatic rings. The summed E-state index contributed by atoms with van der Waals surface area (Å²) in [4.78, 5) is 29.1. The number of nitrogens with zero attached hydrogens (tertiary/aromatic N) is 2. The van der Waals surface area contributed by atoms with E-state index in [-0.39, 0.29) is 23.8 Å². The van der Waals surface area contributed by atoms with Gasteiger partial charge in [0, 0.05) is 27.7 Å². The molecule has 0 aliphatic rings. The molecule has 3 aromatic carbocycles. The Morgan fingerprint density at radius 1 is 0.902 bits per heavy atom. The number of amides is 2. The van der Waals surface area contributed by atoms with Crippen LogP contribution in [0.15, 0.2) is 71.6 Å². The van der Waals surface area contributed by atoms with Crippen molar-refractivity contribution >= 4 is 50.7 Å². The van der Waals surface area contributed by atoms with Gasteiger partial charge in [-0.2, -0.15) is 0 Å². The van der Waals surface area contributed by atoms with Gasteiger partial charge in [0.1, 0.15) is 12.6 Å². The van der Waals surface area contributed by atoms with E-state index in [1.165, 1.54) is 17.0 Å². The zero-order valence-electron chi connectivity index (χ0n) is 24.2. The Kier molecular flexibility index (Phi) is 10.5. The highest BCUT2D eigenvalue weighted by molar-refractivity contribution is 7.92. The van der Waals surface area contributed by atoms with Gasteiger partial charge in [0.05, 0.1) is 10.6 Å². The van der Waals surface area contributed by atoms with Gasteiger partial charge in [-0.25, -0.2) is 8.42 Å². The number of nitrogens with one attached hydrogen (secondary N) is 1. The molecule has 3 rings (SSSR count). The molecule has 1 atom stereocenters. The number of sulfonamides is 1. The summed E-state index contributed by atoms with van der Waals surface area (Å²) in [6.45, 7) is 10.5. The standard InChI is InChI=1S/C31H37Cl2N3O4S/c1-7-28(30(38)34-31(4,5)6)35(19-25-26(32)14-11-15-27(25)33)29(37)20-36(23-17-16-21(2)22(3)18-23)41(39,40)24-12-9-8-10-13-24/h8-18,28H,7,19-20H2,1-6H3,(H,34,38)/t28-/m0/s1. The molecule has 0 heterocycles. The lowest BCUT2D eigenvalue weighted by Crippen LogP contribution is -2.55. The summed E-state index contributed by atoms with van der Waals surface area (Å²) in [5.74, 6) is -0.935. The van der Waals surface area contributed by atoms with E-state index < -0.39 is 34.1 Å². The maximum absolute atomic E-state index is 14.2. The first-order valence-corrected chi connectivity index (χ1v) is 15.5. The molecule has 0 spiro atoms. The van der Waals surface area contributed by atoms with Gasteiger partial charge in [-0.3, -0.25) is 13.9 Å².